The van der Waals surface area contributed by atoms with Gasteiger partial charge in [0.1, 0.15) is 0 Å². The van der Waals surface area contributed by atoms with Crippen LogP contribution < -0.4 is 4.72 Å². The second-order valence-corrected chi connectivity index (χ2v) is 6.56. The maximum atomic E-state index is 11.7. The molecule has 2 bridgehead atoms. The molecule has 4 nitrogen and oxygen atoms in total. The van der Waals surface area contributed by atoms with Gasteiger partial charge in [-0.25, -0.2) is 13.1 Å². The lowest BCUT2D eigenvalue weighted by Gasteiger charge is -2.35. The molecule has 1 N–H and O–H groups in total. The van der Waals surface area contributed by atoms with E-state index in [-0.39, 0.29) is 5.25 Å². The molecule has 0 aromatic carbocycles. The van der Waals surface area contributed by atoms with E-state index < -0.39 is 10.0 Å². The molecule has 2 aliphatic rings. The number of fused-ring (bicyclic) bond motifs is 2. The highest BCUT2D eigenvalue weighted by Gasteiger charge is 2.42. The number of sulfonamides is 1. The Balaban J connectivity index is 2.14. The number of nitrogens with one attached hydrogen (secondary N) is 1. The van der Waals surface area contributed by atoms with Crippen molar-refractivity contribution in [2.75, 3.05) is 14.1 Å². The Kier molecular flexibility index (Phi) is 2.57. The highest BCUT2D eigenvalue weighted by molar-refractivity contribution is 7.90. The van der Waals surface area contributed by atoms with Crippen LogP contribution in [0.4, 0.5) is 0 Å². The van der Waals surface area contributed by atoms with Gasteiger partial charge in [0, 0.05) is 12.1 Å². The van der Waals surface area contributed by atoms with E-state index in [1.165, 1.54) is 7.05 Å². The van der Waals surface area contributed by atoms with E-state index in [4.69, 9.17) is 0 Å². The minimum Gasteiger partial charge on any atom is -0.300 e. The second-order valence-electron chi connectivity index (χ2n) is 4.39. The van der Waals surface area contributed by atoms with Crippen molar-refractivity contribution in [2.24, 2.45) is 0 Å². The van der Waals surface area contributed by atoms with Crippen LogP contribution >= 0.6 is 0 Å². The van der Waals surface area contributed by atoms with Crippen molar-refractivity contribution >= 4 is 10.0 Å². The van der Waals surface area contributed by atoms with E-state index in [0.29, 0.717) is 12.1 Å². The maximum absolute atomic E-state index is 11.7. The van der Waals surface area contributed by atoms with Crippen LogP contribution in [0.2, 0.25) is 0 Å². The average molecular weight is 218 g/mol. The molecule has 2 aliphatic heterocycles. The predicted octanol–water partition coefficient (Wildman–Crippen LogP) is 0.161. The molecule has 5 heteroatoms. The third-order valence-electron chi connectivity index (χ3n) is 3.78. The van der Waals surface area contributed by atoms with Crippen molar-refractivity contribution in [1.82, 2.24) is 9.62 Å². The molecule has 0 aromatic heterocycles. The van der Waals surface area contributed by atoms with Gasteiger partial charge in [0.25, 0.3) is 0 Å². The minimum absolute atomic E-state index is 0.166. The topological polar surface area (TPSA) is 49.4 Å². The first kappa shape index (κ1) is 10.4. The third-order valence-corrected chi connectivity index (χ3v) is 5.61. The Bertz CT molecular complexity index is 301. The van der Waals surface area contributed by atoms with Crippen LogP contribution in [0.3, 0.4) is 0 Å². The molecule has 0 aromatic rings. The summed E-state index contributed by atoms with van der Waals surface area (Å²) in [6, 6.07) is 0.976. The zero-order valence-electron chi connectivity index (χ0n) is 8.73. The first-order valence-corrected chi connectivity index (χ1v) is 6.73. The number of rotatable bonds is 2. The van der Waals surface area contributed by atoms with E-state index in [1.54, 1.807) is 0 Å². The van der Waals surface area contributed by atoms with E-state index in [2.05, 4.69) is 16.7 Å². The summed E-state index contributed by atoms with van der Waals surface area (Å²) in [5, 5.41) is -0.166. The van der Waals surface area contributed by atoms with Gasteiger partial charge in [-0.05, 0) is 39.8 Å². The summed E-state index contributed by atoms with van der Waals surface area (Å²) in [6.45, 7) is 0. The van der Waals surface area contributed by atoms with Gasteiger partial charge in [-0.2, -0.15) is 0 Å². The molecule has 0 aliphatic carbocycles. The first-order chi connectivity index (χ1) is 6.54. The second kappa shape index (κ2) is 3.47. The van der Waals surface area contributed by atoms with E-state index in [9.17, 15) is 8.42 Å². The van der Waals surface area contributed by atoms with Crippen LogP contribution in [-0.2, 0) is 10.0 Å². The van der Waals surface area contributed by atoms with Gasteiger partial charge in [0.15, 0.2) is 0 Å². The van der Waals surface area contributed by atoms with Crippen molar-refractivity contribution in [3.05, 3.63) is 0 Å². The lowest BCUT2D eigenvalue weighted by atomic mass is 10.0. The largest absolute Gasteiger partial charge is 0.300 e. The summed E-state index contributed by atoms with van der Waals surface area (Å²) in [4.78, 5) is 2.35. The molecule has 0 spiro atoms. The number of hydrogen-bond donors (Lipinski definition) is 1. The molecular formula is C9H18N2O2S. The number of hydrogen-bond acceptors (Lipinski definition) is 3. The number of nitrogens with zero attached hydrogens (tertiary/aromatic N) is 1. The Morgan fingerprint density at radius 3 is 2.14 bits per heavy atom. The smallest absolute Gasteiger partial charge is 0.214 e. The van der Waals surface area contributed by atoms with Gasteiger partial charge in [-0.15, -0.1) is 0 Å². The minimum atomic E-state index is -3.05. The van der Waals surface area contributed by atoms with Crippen molar-refractivity contribution < 1.29 is 8.42 Å². The predicted molar refractivity (Wildman–Crippen MR) is 55.6 cm³/mol. The quantitative estimate of drug-likeness (QED) is 0.718. The van der Waals surface area contributed by atoms with Crippen LogP contribution in [0, 0.1) is 0 Å². The van der Waals surface area contributed by atoms with Gasteiger partial charge in [-0.1, -0.05) is 0 Å². The monoisotopic (exact) mass is 218 g/mol. The van der Waals surface area contributed by atoms with E-state index >= 15 is 0 Å². The number of piperidine rings is 1. The van der Waals surface area contributed by atoms with E-state index in [0.717, 1.165) is 25.7 Å². The summed E-state index contributed by atoms with van der Waals surface area (Å²) >= 11 is 0. The van der Waals surface area contributed by atoms with Crippen LogP contribution in [0.25, 0.3) is 0 Å². The van der Waals surface area contributed by atoms with Gasteiger partial charge < -0.3 is 4.90 Å². The van der Waals surface area contributed by atoms with Crippen molar-refractivity contribution in [1.29, 1.82) is 0 Å². The summed E-state index contributed by atoms with van der Waals surface area (Å²) in [6.07, 6.45) is 3.93. The third kappa shape index (κ3) is 1.57. The molecule has 2 fully saturated rings. The van der Waals surface area contributed by atoms with Gasteiger partial charge in [-0.3, -0.25) is 0 Å². The van der Waals surface area contributed by atoms with Crippen molar-refractivity contribution in [3.8, 4) is 0 Å². The van der Waals surface area contributed by atoms with Crippen LogP contribution in [-0.4, -0.2) is 44.7 Å². The van der Waals surface area contributed by atoms with Crippen molar-refractivity contribution in [2.45, 2.75) is 43.0 Å². The average Bonchev–Trinajstić information content (AvgIpc) is 2.43. The summed E-state index contributed by atoms with van der Waals surface area (Å²) in [5.74, 6) is 0. The highest BCUT2D eigenvalue weighted by atomic mass is 32.2. The molecule has 82 valence electrons. The zero-order chi connectivity index (χ0) is 10.3. The van der Waals surface area contributed by atoms with Gasteiger partial charge in [0.05, 0.1) is 5.25 Å². The molecule has 14 heavy (non-hydrogen) atoms. The molecule has 0 amide bonds. The fraction of sp³-hybridized carbons (Fsp3) is 1.00. The Morgan fingerprint density at radius 1 is 1.21 bits per heavy atom. The van der Waals surface area contributed by atoms with E-state index in [1.807, 2.05) is 0 Å². The van der Waals surface area contributed by atoms with Gasteiger partial charge in [0.2, 0.25) is 10.0 Å². The maximum Gasteiger partial charge on any atom is 0.214 e. The van der Waals surface area contributed by atoms with Crippen LogP contribution in [0.15, 0.2) is 0 Å². The molecule has 0 radical (unpaired) electrons. The Labute approximate surface area is 85.7 Å². The van der Waals surface area contributed by atoms with Gasteiger partial charge >= 0.3 is 0 Å². The molecule has 2 rings (SSSR count). The van der Waals surface area contributed by atoms with Crippen LogP contribution in [0.5, 0.6) is 0 Å². The van der Waals surface area contributed by atoms with Crippen LogP contribution in [0.1, 0.15) is 25.7 Å². The molecule has 2 heterocycles. The Hall–Kier alpha value is -0.130. The summed E-state index contributed by atoms with van der Waals surface area (Å²) in [7, 11) is 0.578. The SMILES string of the molecule is CNS(=O)(=O)C1CC2CCC(C1)N2C. The van der Waals surface area contributed by atoms with Crippen molar-refractivity contribution in [3.63, 3.8) is 0 Å². The summed E-state index contributed by atoms with van der Waals surface area (Å²) in [5.41, 5.74) is 0. The molecule has 0 saturated carbocycles. The lowest BCUT2D eigenvalue weighted by Crippen LogP contribution is -2.46. The normalized spacial score (nSPS) is 38.9. The summed E-state index contributed by atoms with van der Waals surface area (Å²) < 4.78 is 25.7. The Morgan fingerprint density at radius 2 is 1.71 bits per heavy atom. The molecule has 2 atom stereocenters. The first-order valence-electron chi connectivity index (χ1n) is 5.19. The molecular weight excluding hydrogens is 200 g/mol. The molecule has 2 unspecified atom stereocenters. The molecule has 2 saturated heterocycles. The lowest BCUT2D eigenvalue weighted by molar-refractivity contribution is 0.180. The highest BCUT2D eigenvalue weighted by Crippen LogP contribution is 2.36. The zero-order valence-corrected chi connectivity index (χ0v) is 9.55. The fourth-order valence-corrected chi connectivity index (χ4v) is 4.07. The standard InChI is InChI=1S/C9H18N2O2S/c1-10-14(12,13)9-5-7-3-4-8(6-9)11(7)2/h7-10H,3-6H2,1-2H3. The fourth-order valence-electron chi connectivity index (χ4n) is 2.78.